The van der Waals surface area contributed by atoms with E-state index in [1.165, 1.54) is 35.6 Å². The molecule has 1 unspecified atom stereocenters. The normalized spacial score (nSPS) is 17.2. The van der Waals surface area contributed by atoms with E-state index in [0.717, 1.165) is 34.9 Å². The number of hydrogen-bond donors (Lipinski definition) is 1. The molecule has 0 spiro atoms. The molecule has 0 bridgehead atoms. The fourth-order valence-corrected chi connectivity index (χ4v) is 4.40. The van der Waals surface area contributed by atoms with Crippen molar-refractivity contribution in [2.45, 2.75) is 19.2 Å². The van der Waals surface area contributed by atoms with Gasteiger partial charge in [0.2, 0.25) is 5.91 Å². The lowest BCUT2D eigenvalue weighted by molar-refractivity contribution is -0.274. The Balaban J connectivity index is 1.40. The maximum Gasteiger partial charge on any atom is 0.573 e. The van der Waals surface area contributed by atoms with Crippen LogP contribution in [-0.4, -0.2) is 30.3 Å². The van der Waals surface area contributed by atoms with Crippen LogP contribution in [0.2, 0.25) is 0 Å². The van der Waals surface area contributed by atoms with Crippen molar-refractivity contribution in [3.63, 3.8) is 0 Å². The second-order valence-electron chi connectivity index (χ2n) is 6.96. The van der Waals surface area contributed by atoms with Crippen molar-refractivity contribution in [1.82, 2.24) is 4.98 Å². The summed E-state index contributed by atoms with van der Waals surface area (Å²) in [5, 5.41) is 3.48. The van der Waals surface area contributed by atoms with Crippen molar-refractivity contribution < 1.29 is 27.1 Å². The molecule has 1 N–H and O–H groups in total. The highest BCUT2D eigenvalue weighted by Gasteiger charge is 2.31. The average molecular weight is 439 g/mol. The zero-order valence-corrected chi connectivity index (χ0v) is 16.4. The number of benzene rings is 2. The minimum Gasteiger partial charge on any atom is -0.406 e. The summed E-state index contributed by atoms with van der Waals surface area (Å²) in [6.45, 7) is 1.21. The summed E-state index contributed by atoms with van der Waals surface area (Å²) in [7, 11) is 0. The molecule has 1 fully saturated rings. The summed E-state index contributed by atoms with van der Waals surface area (Å²) in [6.07, 6.45) is -3.28. The predicted octanol–water partition coefficient (Wildman–Crippen LogP) is 5.19. The van der Waals surface area contributed by atoms with Gasteiger partial charge in [-0.05, 0) is 55.3 Å². The van der Waals surface area contributed by atoms with Crippen LogP contribution in [0, 0.1) is 11.7 Å². The summed E-state index contributed by atoms with van der Waals surface area (Å²) in [6, 6.07) is 9.46. The monoisotopic (exact) mass is 439 g/mol. The van der Waals surface area contributed by atoms with E-state index in [9.17, 15) is 22.4 Å². The Morgan fingerprint density at radius 1 is 1.20 bits per heavy atom. The van der Waals surface area contributed by atoms with Crippen LogP contribution in [0.1, 0.15) is 12.8 Å². The number of aromatic nitrogens is 1. The lowest BCUT2D eigenvalue weighted by Gasteiger charge is -2.31. The smallest absolute Gasteiger partial charge is 0.406 e. The molecule has 158 valence electrons. The molecule has 2 heterocycles. The van der Waals surface area contributed by atoms with E-state index in [1.54, 1.807) is 6.07 Å². The molecule has 1 aliphatic heterocycles. The SMILES string of the molecule is O=C(Nc1ccc(OC(F)(F)F)cc1)C1CCCN(c2nc3ccc(F)cc3s2)C1. The van der Waals surface area contributed by atoms with Gasteiger partial charge in [0.05, 0.1) is 16.1 Å². The molecule has 5 nitrogen and oxygen atoms in total. The fraction of sp³-hybridized carbons (Fsp3) is 0.300. The highest BCUT2D eigenvalue weighted by molar-refractivity contribution is 7.22. The van der Waals surface area contributed by atoms with Crippen LogP contribution in [-0.2, 0) is 4.79 Å². The zero-order valence-electron chi connectivity index (χ0n) is 15.6. The highest BCUT2D eigenvalue weighted by Crippen LogP contribution is 2.32. The van der Waals surface area contributed by atoms with Gasteiger partial charge in [-0.1, -0.05) is 11.3 Å². The number of rotatable bonds is 4. The van der Waals surface area contributed by atoms with Gasteiger partial charge in [0, 0.05) is 18.8 Å². The van der Waals surface area contributed by atoms with Crippen molar-refractivity contribution >= 4 is 38.3 Å². The molecule has 1 amide bonds. The van der Waals surface area contributed by atoms with Gasteiger partial charge in [0.15, 0.2) is 5.13 Å². The van der Waals surface area contributed by atoms with Gasteiger partial charge >= 0.3 is 6.36 Å². The van der Waals surface area contributed by atoms with E-state index in [2.05, 4.69) is 15.0 Å². The molecule has 30 heavy (non-hydrogen) atoms. The van der Waals surface area contributed by atoms with E-state index in [1.807, 2.05) is 4.90 Å². The van der Waals surface area contributed by atoms with Crippen LogP contribution in [0.3, 0.4) is 0 Å². The second kappa shape index (κ2) is 8.10. The third-order valence-corrected chi connectivity index (χ3v) is 5.84. The van der Waals surface area contributed by atoms with Crippen molar-refractivity contribution in [2.24, 2.45) is 5.92 Å². The van der Waals surface area contributed by atoms with Crippen molar-refractivity contribution in [3.8, 4) is 5.75 Å². The van der Waals surface area contributed by atoms with Crippen LogP contribution >= 0.6 is 11.3 Å². The quantitative estimate of drug-likeness (QED) is 0.569. The standard InChI is InChI=1S/C20H17F4N3O2S/c21-13-3-8-16-17(10-13)30-19(26-16)27-9-1-2-12(11-27)18(28)25-14-4-6-15(7-5-14)29-20(22,23)24/h3-8,10,12H,1-2,9,11H2,(H,25,28). The molecule has 1 aromatic heterocycles. The molecule has 2 aromatic carbocycles. The molecule has 1 atom stereocenters. The van der Waals surface area contributed by atoms with Gasteiger partial charge in [0.25, 0.3) is 0 Å². The van der Waals surface area contributed by atoms with Gasteiger partial charge in [0.1, 0.15) is 11.6 Å². The third-order valence-electron chi connectivity index (χ3n) is 4.76. The summed E-state index contributed by atoms with van der Waals surface area (Å²) in [5.74, 6) is -1.18. The first-order valence-corrected chi connectivity index (χ1v) is 10.1. The third kappa shape index (κ3) is 4.81. The van der Waals surface area contributed by atoms with E-state index in [0.29, 0.717) is 24.2 Å². The Morgan fingerprint density at radius 3 is 2.70 bits per heavy atom. The molecule has 1 aliphatic rings. The van der Waals surface area contributed by atoms with Gasteiger partial charge in [-0.25, -0.2) is 9.37 Å². The fourth-order valence-electron chi connectivity index (χ4n) is 3.37. The van der Waals surface area contributed by atoms with Crippen LogP contribution in [0.15, 0.2) is 42.5 Å². The van der Waals surface area contributed by atoms with Gasteiger partial charge in [-0.2, -0.15) is 0 Å². The summed E-state index contributed by atoms with van der Waals surface area (Å²) < 4.78 is 54.7. The highest BCUT2D eigenvalue weighted by atomic mass is 32.1. The lowest BCUT2D eigenvalue weighted by Crippen LogP contribution is -2.40. The minimum atomic E-state index is -4.76. The van der Waals surface area contributed by atoms with Crippen molar-refractivity contribution in [2.75, 3.05) is 23.3 Å². The molecule has 1 saturated heterocycles. The van der Waals surface area contributed by atoms with E-state index >= 15 is 0 Å². The summed E-state index contributed by atoms with van der Waals surface area (Å²) in [5.41, 5.74) is 1.10. The largest absolute Gasteiger partial charge is 0.573 e. The maximum atomic E-state index is 13.4. The van der Waals surface area contributed by atoms with Gasteiger partial charge in [-0.15, -0.1) is 13.2 Å². The first kappa shape index (κ1) is 20.4. The number of nitrogens with one attached hydrogen (secondary N) is 1. The zero-order chi connectivity index (χ0) is 21.3. The summed E-state index contributed by atoms with van der Waals surface area (Å²) >= 11 is 1.38. The number of hydrogen-bond acceptors (Lipinski definition) is 5. The molecular formula is C20H17F4N3O2S. The van der Waals surface area contributed by atoms with E-state index in [-0.39, 0.29) is 23.4 Å². The number of fused-ring (bicyclic) bond motifs is 1. The molecule has 0 aliphatic carbocycles. The van der Waals surface area contributed by atoms with Crippen molar-refractivity contribution in [3.05, 3.63) is 48.3 Å². The average Bonchev–Trinajstić information content (AvgIpc) is 3.12. The number of amides is 1. The number of alkyl halides is 3. The minimum absolute atomic E-state index is 0.212. The molecule has 10 heteroatoms. The number of anilines is 2. The number of thiazole rings is 1. The number of halogens is 4. The van der Waals surface area contributed by atoms with Crippen LogP contribution < -0.4 is 15.0 Å². The Hall–Kier alpha value is -2.88. The number of ether oxygens (including phenoxy) is 1. The second-order valence-corrected chi connectivity index (χ2v) is 7.96. The molecule has 3 aromatic rings. The van der Waals surface area contributed by atoms with Gasteiger partial charge in [-0.3, -0.25) is 4.79 Å². The van der Waals surface area contributed by atoms with Crippen molar-refractivity contribution in [1.29, 1.82) is 0 Å². The summed E-state index contributed by atoms with van der Waals surface area (Å²) in [4.78, 5) is 19.2. The van der Waals surface area contributed by atoms with Crippen LogP contribution in [0.4, 0.5) is 28.4 Å². The molecule has 4 rings (SSSR count). The van der Waals surface area contributed by atoms with Gasteiger partial charge < -0.3 is 15.0 Å². The van der Waals surface area contributed by atoms with E-state index in [4.69, 9.17) is 0 Å². The number of carbonyl (C=O) groups is 1. The number of piperidine rings is 1. The Labute approximate surface area is 173 Å². The molecule has 0 saturated carbocycles. The molecule has 0 radical (unpaired) electrons. The first-order valence-electron chi connectivity index (χ1n) is 9.24. The van der Waals surface area contributed by atoms with Crippen LogP contribution in [0.25, 0.3) is 10.2 Å². The Morgan fingerprint density at radius 2 is 1.97 bits per heavy atom. The first-order chi connectivity index (χ1) is 14.3. The molecular weight excluding hydrogens is 422 g/mol. The Bertz CT molecular complexity index is 1050. The van der Waals surface area contributed by atoms with Crippen LogP contribution in [0.5, 0.6) is 5.75 Å². The number of carbonyl (C=O) groups excluding carboxylic acids is 1. The van der Waals surface area contributed by atoms with E-state index < -0.39 is 6.36 Å². The topological polar surface area (TPSA) is 54.5 Å². The Kier molecular flexibility index (Phi) is 5.50. The lowest BCUT2D eigenvalue weighted by atomic mass is 9.97. The number of nitrogens with zero attached hydrogens (tertiary/aromatic N) is 2. The predicted molar refractivity (Wildman–Crippen MR) is 106 cm³/mol. The maximum absolute atomic E-state index is 13.4.